The standard InChI is InChI=1S/C9H16N4S/c1-7(10)8-3-2-4-13(5-8)9-11-6-12-14-9/h6-8H,2-5,10H2,1H3. The summed E-state index contributed by atoms with van der Waals surface area (Å²) in [5.41, 5.74) is 5.92. The van der Waals surface area contributed by atoms with Gasteiger partial charge in [-0.05, 0) is 25.7 Å². The number of hydrogen-bond acceptors (Lipinski definition) is 5. The molecule has 0 aromatic carbocycles. The Morgan fingerprint density at radius 3 is 3.21 bits per heavy atom. The van der Waals surface area contributed by atoms with Crippen LogP contribution in [-0.2, 0) is 0 Å². The van der Waals surface area contributed by atoms with Gasteiger partial charge < -0.3 is 10.6 Å². The molecule has 1 aromatic heterocycles. The molecular weight excluding hydrogens is 196 g/mol. The van der Waals surface area contributed by atoms with Crippen molar-refractivity contribution in [2.24, 2.45) is 11.7 Å². The topological polar surface area (TPSA) is 55.0 Å². The Bertz CT molecular complexity index is 272. The average Bonchev–Trinajstić information content (AvgIpc) is 2.71. The molecule has 2 atom stereocenters. The van der Waals surface area contributed by atoms with Crippen molar-refractivity contribution >= 4 is 16.7 Å². The molecule has 4 nitrogen and oxygen atoms in total. The van der Waals surface area contributed by atoms with Gasteiger partial charge in [-0.3, -0.25) is 0 Å². The Labute approximate surface area is 88.3 Å². The molecule has 0 aliphatic carbocycles. The molecule has 1 aliphatic rings. The van der Waals surface area contributed by atoms with E-state index >= 15 is 0 Å². The highest BCUT2D eigenvalue weighted by molar-refractivity contribution is 7.09. The molecule has 2 rings (SSSR count). The zero-order valence-electron chi connectivity index (χ0n) is 8.39. The zero-order valence-corrected chi connectivity index (χ0v) is 9.20. The Morgan fingerprint density at radius 1 is 1.71 bits per heavy atom. The van der Waals surface area contributed by atoms with Crippen molar-refractivity contribution in [3.63, 3.8) is 0 Å². The van der Waals surface area contributed by atoms with E-state index in [2.05, 4.69) is 21.2 Å². The van der Waals surface area contributed by atoms with Crippen LogP contribution in [0.5, 0.6) is 0 Å². The van der Waals surface area contributed by atoms with Gasteiger partial charge in [0.15, 0.2) is 0 Å². The van der Waals surface area contributed by atoms with Crippen molar-refractivity contribution < 1.29 is 0 Å². The molecule has 0 spiro atoms. The molecule has 0 radical (unpaired) electrons. The lowest BCUT2D eigenvalue weighted by Crippen LogP contribution is -2.42. The second-order valence-electron chi connectivity index (χ2n) is 3.93. The van der Waals surface area contributed by atoms with Crippen molar-refractivity contribution in [3.05, 3.63) is 6.33 Å². The molecule has 78 valence electrons. The Kier molecular flexibility index (Phi) is 2.98. The normalized spacial score (nSPS) is 25.0. The van der Waals surface area contributed by atoms with E-state index in [1.165, 1.54) is 24.4 Å². The first kappa shape index (κ1) is 9.86. The molecule has 1 fully saturated rings. The Morgan fingerprint density at radius 2 is 2.57 bits per heavy atom. The number of nitrogens with two attached hydrogens (primary N) is 1. The quantitative estimate of drug-likeness (QED) is 0.797. The van der Waals surface area contributed by atoms with Gasteiger partial charge in [-0.2, -0.15) is 4.37 Å². The molecule has 2 heterocycles. The summed E-state index contributed by atoms with van der Waals surface area (Å²) in [6, 6.07) is 0.283. The smallest absolute Gasteiger partial charge is 0.204 e. The van der Waals surface area contributed by atoms with Crippen LogP contribution in [0.2, 0.25) is 0 Å². The Balaban J connectivity index is 2.01. The van der Waals surface area contributed by atoms with Crippen LogP contribution in [0.3, 0.4) is 0 Å². The summed E-state index contributed by atoms with van der Waals surface area (Å²) in [6.45, 7) is 4.22. The van der Waals surface area contributed by atoms with Crippen molar-refractivity contribution in [2.75, 3.05) is 18.0 Å². The van der Waals surface area contributed by atoms with Crippen LogP contribution in [0, 0.1) is 5.92 Å². The molecule has 2 unspecified atom stereocenters. The van der Waals surface area contributed by atoms with Crippen LogP contribution in [0.15, 0.2) is 6.33 Å². The summed E-state index contributed by atoms with van der Waals surface area (Å²) in [5.74, 6) is 0.604. The van der Waals surface area contributed by atoms with Gasteiger partial charge in [0, 0.05) is 30.7 Å². The first-order chi connectivity index (χ1) is 6.77. The van der Waals surface area contributed by atoms with Gasteiger partial charge in [0.1, 0.15) is 6.33 Å². The first-order valence-electron chi connectivity index (χ1n) is 5.04. The fourth-order valence-corrected chi connectivity index (χ4v) is 2.48. The van der Waals surface area contributed by atoms with Crippen LogP contribution >= 0.6 is 11.5 Å². The number of piperidine rings is 1. The summed E-state index contributed by atoms with van der Waals surface area (Å²) < 4.78 is 4.02. The van der Waals surface area contributed by atoms with Gasteiger partial charge in [-0.15, -0.1) is 0 Å². The number of nitrogens with zero attached hydrogens (tertiary/aromatic N) is 3. The predicted molar refractivity (Wildman–Crippen MR) is 58.5 cm³/mol. The third-order valence-electron chi connectivity index (χ3n) is 2.82. The van der Waals surface area contributed by atoms with Crippen molar-refractivity contribution in [1.82, 2.24) is 9.36 Å². The van der Waals surface area contributed by atoms with E-state index in [0.717, 1.165) is 18.2 Å². The number of aromatic nitrogens is 2. The molecule has 1 saturated heterocycles. The molecule has 1 aliphatic heterocycles. The zero-order chi connectivity index (χ0) is 9.97. The van der Waals surface area contributed by atoms with Crippen LogP contribution in [-0.4, -0.2) is 28.5 Å². The van der Waals surface area contributed by atoms with Crippen LogP contribution in [0.1, 0.15) is 19.8 Å². The van der Waals surface area contributed by atoms with Crippen LogP contribution in [0.25, 0.3) is 0 Å². The fraction of sp³-hybridized carbons (Fsp3) is 0.778. The van der Waals surface area contributed by atoms with Crippen molar-refractivity contribution in [1.29, 1.82) is 0 Å². The van der Waals surface area contributed by atoms with Gasteiger partial charge in [-0.25, -0.2) is 4.98 Å². The highest BCUT2D eigenvalue weighted by Crippen LogP contribution is 2.24. The van der Waals surface area contributed by atoms with E-state index in [9.17, 15) is 0 Å². The maximum absolute atomic E-state index is 5.92. The minimum Gasteiger partial charge on any atom is -0.347 e. The summed E-state index contributed by atoms with van der Waals surface area (Å²) in [4.78, 5) is 6.53. The number of anilines is 1. The van der Waals surface area contributed by atoms with Crippen molar-refractivity contribution in [3.8, 4) is 0 Å². The maximum Gasteiger partial charge on any atom is 0.204 e. The van der Waals surface area contributed by atoms with E-state index < -0.39 is 0 Å². The van der Waals surface area contributed by atoms with E-state index in [1.807, 2.05) is 0 Å². The van der Waals surface area contributed by atoms with Gasteiger partial charge in [0.2, 0.25) is 5.13 Å². The second kappa shape index (κ2) is 4.23. The number of hydrogen-bond donors (Lipinski definition) is 1. The molecule has 2 N–H and O–H groups in total. The van der Waals surface area contributed by atoms with Crippen molar-refractivity contribution in [2.45, 2.75) is 25.8 Å². The molecule has 5 heteroatoms. The van der Waals surface area contributed by atoms with E-state index in [0.29, 0.717) is 5.92 Å². The van der Waals surface area contributed by atoms with Crippen LogP contribution < -0.4 is 10.6 Å². The molecule has 0 saturated carbocycles. The molecule has 1 aromatic rings. The lowest BCUT2D eigenvalue weighted by Gasteiger charge is -2.34. The SMILES string of the molecule is CC(N)C1CCCN(c2ncns2)C1. The monoisotopic (exact) mass is 212 g/mol. The second-order valence-corrected chi connectivity index (χ2v) is 4.69. The first-order valence-corrected chi connectivity index (χ1v) is 5.82. The summed E-state index contributed by atoms with van der Waals surface area (Å²) in [7, 11) is 0. The van der Waals surface area contributed by atoms with Gasteiger partial charge in [0.05, 0.1) is 0 Å². The Hall–Kier alpha value is -0.680. The fourth-order valence-electron chi connectivity index (χ4n) is 1.92. The highest BCUT2D eigenvalue weighted by atomic mass is 32.1. The third-order valence-corrected chi connectivity index (χ3v) is 3.55. The minimum absolute atomic E-state index is 0.283. The van der Waals surface area contributed by atoms with Crippen LogP contribution in [0.4, 0.5) is 5.13 Å². The number of rotatable bonds is 2. The molecular formula is C9H16N4S. The largest absolute Gasteiger partial charge is 0.347 e. The van der Waals surface area contributed by atoms with Gasteiger partial charge in [0.25, 0.3) is 0 Å². The summed E-state index contributed by atoms with van der Waals surface area (Å²) in [5, 5.41) is 1.04. The highest BCUT2D eigenvalue weighted by Gasteiger charge is 2.23. The third kappa shape index (κ3) is 2.04. The summed E-state index contributed by atoms with van der Waals surface area (Å²) >= 11 is 1.47. The maximum atomic E-state index is 5.92. The molecule has 14 heavy (non-hydrogen) atoms. The lowest BCUT2D eigenvalue weighted by atomic mass is 9.92. The van der Waals surface area contributed by atoms with E-state index in [1.54, 1.807) is 6.33 Å². The van der Waals surface area contributed by atoms with E-state index in [-0.39, 0.29) is 6.04 Å². The van der Waals surface area contributed by atoms with E-state index in [4.69, 9.17) is 5.73 Å². The summed E-state index contributed by atoms with van der Waals surface area (Å²) in [6.07, 6.45) is 4.08. The van der Waals surface area contributed by atoms with Gasteiger partial charge >= 0.3 is 0 Å². The average molecular weight is 212 g/mol. The lowest BCUT2D eigenvalue weighted by molar-refractivity contribution is 0.364. The van der Waals surface area contributed by atoms with Gasteiger partial charge in [-0.1, -0.05) is 0 Å². The minimum atomic E-state index is 0.283. The molecule has 0 bridgehead atoms. The predicted octanol–water partition coefficient (Wildman–Crippen LogP) is 1.10. The molecule has 0 amide bonds.